The topological polar surface area (TPSA) is 78.0 Å². The highest BCUT2D eigenvalue weighted by atomic mass is 32.2. The summed E-state index contributed by atoms with van der Waals surface area (Å²) in [5, 5.41) is 0. The van der Waals surface area contributed by atoms with Gasteiger partial charge in [-0.2, -0.15) is 17.0 Å². The van der Waals surface area contributed by atoms with Crippen molar-refractivity contribution in [3.05, 3.63) is 0 Å². The lowest BCUT2D eigenvalue weighted by Gasteiger charge is -2.24. The Morgan fingerprint density at radius 1 is 0.950 bits per heavy atom. The van der Waals surface area contributed by atoms with Crippen molar-refractivity contribution in [2.24, 2.45) is 0 Å². The van der Waals surface area contributed by atoms with Crippen molar-refractivity contribution in [1.82, 2.24) is 12.9 Å². The van der Waals surface area contributed by atoms with Crippen molar-refractivity contribution < 1.29 is 16.8 Å². The smallest absolute Gasteiger partial charge is 0.212 e. The van der Waals surface area contributed by atoms with Crippen LogP contribution in [0, 0.1) is 0 Å². The molecule has 7 nitrogen and oxygen atoms in total. The van der Waals surface area contributed by atoms with Crippen molar-refractivity contribution in [1.29, 1.82) is 0 Å². The third kappa shape index (κ3) is 4.39. The maximum Gasteiger partial charge on any atom is 0.281 e. The number of sulfonamides is 1. The van der Waals surface area contributed by atoms with E-state index in [4.69, 9.17) is 0 Å². The van der Waals surface area contributed by atoms with E-state index in [2.05, 4.69) is 0 Å². The van der Waals surface area contributed by atoms with Crippen molar-refractivity contribution in [2.45, 2.75) is 26.2 Å². The van der Waals surface area contributed by atoms with E-state index in [1.807, 2.05) is 6.92 Å². The van der Waals surface area contributed by atoms with E-state index in [1.54, 1.807) is 0 Å². The second kappa shape index (κ2) is 7.17. The third-order valence-electron chi connectivity index (χ3n) is 3.35. The molecule has 1 rings (SSSR count). The molecule has 0 N–H and O–H groups in total. The summed E-state index contributed by atoms with van der Waals surface area (Å²) in [6.45, 7) is 3.15. The zero-order valence-electron chi connectivity index (χ0n) is 12.4. The normalized spacial score (nSPS) is 20.2. The molecule has 0 aromatic heterocycles. The number of unbranched alkanes of at least 4 members (excludes halogenated alkanes) is 1. The fraction of sp³-hybridized carbons (Fsp3) is 1.00. The van der Waals surface area contributed by atoms with Gasteiger partial charge >= 0.3 is 0 Å². The SMILES string of the molecule is CCCCS(=O)(=O)N1CCCN(S(=O)(=O)N(C)C)CC1. The van der Waals surface area contributed by atoms with Crippen LogP contribution in [0.25, 0.3) is 0 Å². The minimum atomic E-state index is -3.46. The monoisotopic (exact) mass is 327 g/mol. The van der Waals surface area contributed by atoms with Gasteiger partial charge in [0.25, 0.3) is 10.2 Å². The molecular formula is C11H25N3O4S2. The largest absolute Gasteiger partial charge is 0.281 e. The van der Waals surface area contributed by atoms with Crippen LogP contribution in [-0.2, 0) is 20.2 Å². The standard InChI is InChI=1S/C11H25N3O4S2/c1-4-5-11-19(15,16)13-7-6-8-14(10-9-13)20(17,18)12(2)3/h4-11H2,1-3H3. The summed E-state index contributed by atoms with van der Waals surface area (Å²) in [4.78, 5) is 0. The van der Waals surface area contributed by atoms with Gasteiger partial charge in [-0.1, -0.05) is 13.3 Å². The Balaban J connectivity index is 2.74. The molecule has 1 heterocycles. The average Bonchev–Trinajstić information content (AvgIpc) is 2.62. The van der Waals surface area contributed by atoms with Crippen LogP contribution in [0.1, 0.15) is 26.2 Å². The first-order chi connectivity index (χ1) is 9.21. The minimum Gasteiger partial charge on any atom is -0.212 e. The van der Waals surface area contributed by atoms with E-state index < -0.39 is 20.2 Å². The van der Waals surface area contributed by atoms with Crippen molar-refractivity contribution in [3.8, 4) is 0 Å². The predicted molar refractivity (Wildman–Crippen MR) is 79.1 cm³/mol. The van der Waals surface area contributed by atoms with Gasteiger partial charge in [-0.3, -0.25) is 0 Å². The summed E-state index contributed by atoms with van der Waals surface area (Å²) >= 11 is 0. The lowest BCUT2D eigenvalue weighted by molar-refractivity contribution is 0.378. The fourth-order valence-electron chi connectivity index (χ4n) is 2.07. The second-order valence-corrected chi connectivity index (χ2v) is 9.34. The first kappa shape index (κ1) is 17.8. The summed E-state index contributed by atoms with van der Waals surface area (Å²) in [6, 6.07) is 0. The molecule has 0 aromatic carbocycles. The molecule has 120 valence electrons. The molecule has 9 heteroatoms. The molecule has 0 unspecified atom stereocenters. The Morgan fingerprint density at radius 2 is 1.50 bits per heavy atom. The summed E-state index contributed by atoms with van der Waals surface area (Å²) < 4.78 is 52.3. The van der Waals surface area contributed by atoms with Gasteiger partial charge in [0.15, 0.2) is 0 Å². The lowest BCUT2D eigenvalue weighted by atomic mass is 10.4. The zero-order valence-corrected chi connectivity index (χ0v) is 14.1. The molecule has 0 radical (unpaired) electrons. The van der Waals surface area contributed by atoms with Gasteiger partial charge in [0.1, 0.15) is 0 Å². The highest BCUT2D eigenvalue weighted by Gasteiger charge is 2.30. The Hall–Kier alpha value is -0.220. The predicted octanol–water partition coefficient (Wildman–Crippen LogP) is -0.0696. The molecule has 1 aliphatic rings. The fourth-order valence-corrected chi connectivity index (χ4v) is 4.88. The van der Waals surface area contributed by atoms with E-state index >= 15 is 0 Å². The van der Waals surface area contributed by atoms with E-state index in [0.29, 0.717) is 25.9 Å². The van der Waals surface area contributed by atoms with Crippen LogP contribution in [0.2, 0.25) is 0 Å². The summed E-state index contributed by atoms with van der Waals surface area (Å²) in [5.74, 6) is 0.143. The molecule has 0 saturated carbocycles. The number of nitrogens with zero attached hydrogens (tertiary/aromatic N) is 3. The average molecular weight is 327 g/mol. The Bertz CT molecular complexity index is 502. The Morgan fingerprint density at radius 3 is 2.05 bits per heavy atom. The lowest BCUT2D eigenvalue weighted by Crippen LogP contribution is -2.42. The summed E-state index contributed by atoms with van der Waals surface area (Å²) in [5.41, 5.74) is 0. The van der Waals surface area contributed by atoms with Crippen LogP contribution in [0.5, 0.6) is 0 Å². The summed E-state index contributed by atoms with van der Waals surface area (Å²) in [6.07, 6.45) is 1.99. The zero-order chi connectivity index (χ0) is 15.4. The van der Waals surface area contributed by atoms with Crippen LogP contribution in [0.15, 0.2) is 0 Å². The summed E-state index contributed by atoms with van der Waals surface area (Å²) in [7, 11) is -3.76. The molecule has 0 amide bonds. The number of hydrogen-bond acceptors (Lipinski definition) is 4. The second-order valence-electron chi connectivity index (χ2n) is 5.11. The molecule has 0 aliphatic carbocycles. The van der Waals surface area contributed by atoms with Gasteiger partial charge < -0.3 is 0 Å². The van der Waals surface area contributed by atoms with E-state index in [0.717, 1.165) is 10.7 Å². The quantitative estimate of drug-likeness (QED) is 0.684. The third-order valence-corrected chi connectivity index (χ3v) is 7.25. The molecule has 0 atom stereocenters. The molecule has 1 aliphatic heterocycles. The van der Waals surface area contributed by atoms with E-state index in [1.165, 1.54) is 22.7 Å². The highest BCUT2D eigenvalue weighted by Crippen LogP contribution is 2.13. The first-order valence-electron chi connectivity index (χ1n) is 6.87. The van der Waals surface area contributed by atoms with Crippen molar-refractivity contribution in [2.75, 3.05) is 46.0 Å². The molecule has 0 aromatic rings. The van der Waals surface area contributed by atoms with Crippen LogP contribution >= 0.6 is 0 Å². The van der Waals surface area contributed by atoms with Gasteiger partial charge in [-0.15, -0.1) is 0 Å². The van der Waals surface area contributed by atoms with Crippen LogP contribution in [-0.4, -0.2) is 75.8 Å². The van der Waals surface area contributed by atoms with E-state index in [-0.39, 0.29) is 18.8 Å². The maximum atomic E-state index is 12.1. The van der Waals surface area contributed by atoms with Gasteiger partial charge in [-0.25, -0.2) is 12.7 Å². The maximum absolute atomic E-state index is 12.1. The Kier molecular flexibility index (Phi) is 6.39. The van der Waals surface area contributed by atoms with Gasteiger partial charge in [0.2, 0.25) is 10.0 Å². The van der Waals surface area contributed by atoms with Crippen LogP contribution < -0.4 is 0 Å². The van der Waals surface area contributed by atoms with Gasteiger partial charge in [0, 0.05) is 40.3 Å². The molecule has 0 spiro atoms. The van der Waals surface area contributed by atoms with Crippen LogP contribution in [0.3, 0.4) is 0 Å². The molecular weight excluding hydrogens is 302 g/mol. The highest BCUT2D eigenvalue weighted by molar-refractivity contribution is 7.89. The molecule has 20 heavy (non-hydrogen) atoms. The van der Waals surface area contributed by atoms with Gasteiger partial charge in [-0.05, 0) is 12.8 Å². The van der Waals surface area contributed by atoms with Gasteiger partial charge in [0.05, 0.1) is 5.75 Å². The van der Waals surface area contributed by atoms with Crippen LogP contribution in [0.4, 0.5) is 0 Å². The van der Waals surface area contributed by atoms with Crippen molar-refractivity contribution in [3.63, 3.8) is 0 Å². The molecule has 1 saturated heterocycles. The molecule has 0 bridgehead atoms. The van der Waals surface area contributed by atoms with Crippen molar-refractivity contribution >= 4 is 20.2 Å². The number of rotatable bonds is 6. The minimum absolute atomic E-state index is 0.143. The molecule has 1 fully saturated rings. The Labute approximate surface area is 122 Å². The van der Waals surface area contributed by atoms with E-state index in [9.17, 15) is 16.8 Å². The number of hydrogen-bond donors (Lipinski definition) is 0. The first-order valence-corrected chi connectivity index (χ1v) is 9.88.